The molecule has 0 aromatic rings. The Labute approximate surface area is 120 Å². The van der Waals surface area contributed by atoms with Gasteiger partial charge in [-0.15, -0.1) is 6.58 Å². The molecule has 1 aliphatic heterocycles. The number of nitrogens with zero attached hydrogens (tertiary/aromatic N) is 2. The number of rotatable bonds is 4. The van der Waals surface area contributed by atoms with E-state index >= 15 is 0 Å². The van der Waals surface area contributed by atoms with Crippen LogP contribution in [0.25, 0.3) is 0 Å². The molecular formula is C14H25N3O3. The van der Waals surface area contributed by atoms with Crippen LogP contribution in [-0.2, 0) is 4.79 Å². The lowest BCUT2D eigenvalue weighted by Gasteiger charge is -2.42. The molecule has 1 fully saturated rings. The van der Waals surface area contributed by atoms with Crippen molar-refractivity contribution in [2.24, 2.45) is 0 Å². The van der Waals surface area contributed by atoms with Gasteiger partial charge in [-0.3, -0.25) is 4.90 Å². The zero-order valence-corrected chi connectivity index (χ0v) is 12.6. The number of aliphatic carboxylic acids is 1. The van der Waals surface area contributed by atoms with E-state index in [0.29, 0.717) is 13.1 Å². The van der Waals surface area contributed by atoms with Crippen LogP contribution in [0.4, 0.5) is 4.79 Å². The largest absolute Gasteiger partial charge is 0.480 e. The van der Waals surface area contributed by atoms with E-state index in [0.717, 1.165) is 13.1 Å². The summed E-state index contributed by atoms with van der Waals surface area (Å²) in [5.41, 5.74) is 0.0923. The van der Waals surface area contributed by atoms with E-state index in [1.807, 2.05) is 0 Å². The number of nitrogens with one attached hydrogen (secondary N) is 1. The number of hydrogen-bond acceptors (Lipinski definition) is 3. The molecule has 1 atom stereocenters. The van der Waals surface area contributed by atoms with Gasteiger partial charge in [0.2, 0.25) is 0 Å². The van der Waals surface area contributed by atoms with Gasteiger partial charge in [-0.25, -0.2) is 9.59 Å². The van der Waals surface area contributed by atoms with E-state index in [9.17, 15) is 9.59 Å². The molecule has 0 spiro atoms. The number of carboxylic acid groups (broad SMARTS) is 1. The molecule has 6 nitrogen and oxygen atoms in total. The fourth-order valence-corrected chi connectivity index (χ4v) is 2.21. The minimum absolute atomic E-state index is 0.0923. The first-order chi connectivity index (χ1) is 9.25. The lowest BCUT2D eigenvalue weighted by molar-refractivity contribution is -0.139. The van der Waals surface area contributed by atoms with E-state index in [1.165, 1.54) is 6.08 Å². The van der Waals surface area contributed by atoms with Crippen LogP contribution in [0.15, 0.2) is 12.7 Å². The van der Waals surface area contributed by atoms with Crippen molar-refractivity contribution < 1.29 is 14.7 Å². The van der Waals surface area contributed by atoms with Crippen molar-refractivity contribution in [2.75, 3.05) is 26.2 Å². The van der Waals surface area contributed by atoms with Gasteiger partial charge in [0.05, 0.1) is 0 Å². The second-order valence-corrected chi connectivity index (χ2v) is 6.01. The third-order valence-corrected chi connectivity index (χ3v) is 3.51. The molecule has 1 heterocycles. The third kappa shape index (κ3) is 4.52. The first-order valence-electron chi connectivity index (χ1n) is 6.90. The molecular weight excluding hydrogens is 258 g/mol. The third-order valence-electron chi connectivity index (χ3n) is 3.51. The first-order valence-corrected chi connectivity index (χ1v) is 6.90. The summed E-state index contributed by atoms with van der Waals surface area (Å²) in [6.07, 6.45) is 1.72. The fraction of sp³-hybridized carbons (Fsp3) is 0.714. The average molecular weight is 283 g/mol. The van der Waals surface area contributed by atoms with Crippen LogP contribution in [0, 0.1) is 0 Å². The van der Waals surface area contributed by atoms with Gasteiger partial charge in [0.25, 0.3) is 0 Å². The summed E-state index contributed by atoms with van der Waals surface area (Å²) in [5.74, 6) is -1.04. The minimum atomic E-state index is -1.04. The molecule has 0 bridgehead atoms. The number of amides is 2. The van der Waals surface area contributed by atoms with Crippen molar-refractivity contribution in [3.8, 4) is 0 Å². The molecule has 0 aromatic carbocycles. The van der Waals surface area contributed by atoms with Crippen LogP contribution in [0.5, 0.6) is 0 Å². The summed E-state index contributed by atoms with van der Waals surface area (Å²) in [7, 11) is 0. The van der Waals surface area contributed by atoms with E-state index in [1.54, 1.807) is 4.90 Å². The quantitative estimate of drug-likeness (QED) is 0.759. The molecule has 0 aliphatic carbocycles. The maximum atomic E-state index is 12.0. The monoisotopic (exact) mass is 283 g/mol. The van der Waals surface area contributed by atoms with Gasteiger partial charge in [0.15, 0.2) is 0 Å². The predicted octanol–water partition coefficient (Wildman–Crippen LogP) is 1.14. The molecule has 2 N–H and O–H groups in total. The topological polar surface area (TPSA) is 72.9 Å². The van der Waals surface area contributed by atoms with Crippen LogP contribution < -0.4 is 5.32 Å². The van der Waals surface area contributed by atoms with Gasteiger partial charge in [0, 0.05) is 31.7 Å². The highest BCUT2D eigenvalue weighted by atomic mass is 16.4. The maximum Gasteiger partial charge on any atom is 0.326 e. The smallest absolute Gasteiger partial charge is 0.326 e. The fourth-order valence-electron chi connectivity index (χ4n) is 2.21. The Hall–Kier alpha value is -1.56. The van der Waals surface area contributed by atoms with E-state index in [4.69, 9.17) is 5.11 Å². The van der Waals surface area contributed by atoms with Gasteiger partial charge >= 0.3 is 12.0 Å². The lowest BCUT2D eigenvalue weighted by atomic mass is 10.1. The van der Waals surface area contributed by atoms with E-state index in [2.05, 4.69) is 37.6 Å². The number of urea groups is 1. The SMILES string of the molecule is C=CCC(NC(=O)N1CCN(C(C)(C)C)CC1)C(=O)O. The molecule has 1 aliphatic rings. The molecule has 0 radical (unpaired) electrons. The average Bonchev–Trinajstić information content (AvgIpc) is 2.37. The molecule has 1 unspecified atom stereocenters. The summed E-state index contributed by atoms with van der Waals surface area (Å²) < 4.78 is 0. The van der Waals surface area contributed by atoms with Crippen molar-refractivity contribution in [3.05, 3.63) is 12.7 Å². The highest BCUT2D eigenvalue weighted by molar-refractivity contribution is 5.82. The number of carbonyl (C=O) groups is 2. The predicted molar refractivity (Wildman–Crippen MR) is 77.7 cm³/mol. The standard InChI is InChI=1S/C14H25N3O3/c1-5-6-11(12(18)19)15-13(20)16-7-9-17(10-8-16)14(2,3)4/h5,11H,1,6-10H2,2-4H3,(H,15,20)(H,18,19). The van der Waals surface area contributed by atoms with Gasteiger partial charge in [0.1, 0.15) is 6.04 Å². The van der Waals surface area contributed by atoms with Gasteiger partial charge in [-0.2, -0.15) is 0 Å². The van der Waals surface area contributed by atoms with Crippen LogP contribution in [0.1, 0.15) is 27.2 Å². The summed E-state index contributed by atoms with van der Waals surface area (Å²) >= 11 is 0. The zero-order chi connectivity index (χ0) is 15.3. The summed E-state index contributed by atoms with van der Waals surface area (Å²) in [6.45, 7) is 12.8. The Morgan fingerprint density at radius 3 is 2.25 bits per heavy atom. The van der Waals surface area contributed by atoms with Crippen LogP contribution in [-0.4, -0.2) is 64.7 Å². The van der Waals surface area contributed by atoms with Gasteiger partial charge in [-0.1, -0.05) is 6.08 Å². The molecule has 6 heteroatoms. The molecule has 2 amide bonds. The zero-order valence-electron chi connectivity index (χ0n) is 12.6. The second-order valence-electron chi connectivity index (χ2n) is 6.01. The van der Waals surface area contributed by atoms with Crippen molar-refractivity contribution in [2.45, 2.75) is 38.8 Å². The Morgan fingerprint density at radius 1 is 1.30 bits per heavy atom. The number of piperazine rings is 1. The first kappa shape index (κ1) is 16.5. The van der Waals surface area contributed by atoms with Crippen molar-refractivity contribution in [1.29, 1.82) is 0 Å². The minimum Gasteiger partial charge on any atom is -0.480 e. The van der Waals surface area contributed by atoms with Crippen molar-refractivity contribution in [3.63, 3.8) is 0 Å². The highest BCUT2D eigenvalue weighted by Crippen LogP contribution is 2.15. The van der Waals surface area contributed by atoms with E-state index < -0.39 is 12.0 Å². The molecule has 1 rings (SSSR count). The van der Waals surface area contributed by atoms with Crippen LogP contribution >= 0.6 is 0 Å². The number of carboxylic acids is 1. The van der Waals surface area contributed by atoms with Crippen LogP contribution in [0.3, 0.4) is 0 Å². The summed E-state index contributed by atoms with van der Waals surface area (Å²) in [4.78, 5) is 27.0. The Bertz CT molecular complexity index is 368. The Morgan fingerprint density at radius 2 is 1.85 bits per heavy atom. The lowest BCUT2D eigenvalue weighted by Crippen LogP contribution is -2.57. The number of hydrogen-bond donors (Lipinski definition) is 2. The molecule has 20 heavy (non-hydrogen) atoms. The van der Waals surface area contributed by atoms with Crippen LogP contribution in [0.2, 0.25) is 0 Å². The summed E-state index contributed by atoms with van der Waals surface area (Å²) in [5, 5.41) is 11.5. The van der Waals surface area contributed by atoms with Crippen molar-refractivity contribution in [1.82, 2.24) is 15.1 Å². The van der Waals surface area contributed by atoms with E-state index in [-0.39, 0.29) is 18.0 Å². The van der Waals surface area contributed by atoms with Gasteiger partial charge in [-0.05, 0) is 27.2 Å². The molecule has 1 saturated heterocycles. The highest BCUT2D eigenvalue weighted by Gasteiger charge is 2.29. The Kier molecular flexibility index (Phi) is 5.56. The maximum absolute atomic E-state index is 12.0. The number of carbonyl (C=O) groups excluding carboxylic acids is 1. The molecule has 114 valence electrons. The Balaban J connectivity index is 2.50. The second kappa shape index (κ2) is 6.74. The summed E-state index contributed by atoms with van der Waals surface area (Å²) in [6, 6.07) is -1.21. The molecule has 0 aromatic heterocycles. The normalized spacial score (nSPS) is 18.4. The van der Waals surface area contributed by atoms with Gasteiger partial charge < -0.3 is 15.3 Å². The van der Waals surface area contributed by atoms with Crippen molar-refractivity contribution >= 4 is 12.0 Å². The molecule has 0 saturated carbocycles.